The van der Waals surface area contributed by atoms with E-state index in [0.717, 1.165) is 35.7 Å². The lowest BCUT2D eigenvalue weighted by molar-refractivity contribution is 0.196. The number of halogens is 1. The van der Waals surface area contributed by atoms with Gasteiger partial charge in [0.25, 0.3) is 0 Å². The summed E-state index contributed by atoms with van der Waals surface area (Å²) < 4.78 is 6.60. The molecule has 1 saturated heterocycles. The van der Waals surface area contributed by atoms with Crippen LogP contribution in [0.5, 0.6) is 5.75 Å². The molecule has 0 saturated carbocycles. The van der Waals surface area contributed by atoms with Crippen LogP contribution in [0.15, 0.2) is 41.3 Å². The lowest BCUT2D eigenvalue weighted by atomic mass is 10.0. The smallest absolute Gasteiger partial charge is 0.131 e. The Morgan fingerprint density at radius 3 is 3.00 bits per heavy atom. The summed E-state index contributed by atoms with van der Waals surface area (Å²) in [6.45, 7) is 3.04. The van der Waals surface area contributed by atoms with Crippen molar-refractivity contribution >= 4 is 21.7 Å². The molecule has 0 bridgehead atoms. The van der Waals surface area contributed by atoms with Crippen LogP contribution < -0.4 is 9.64 Å². The minimum absolute atomic E-state index is 0.465. The highest BCUT2D eigenvalue weighted by Crippen LogP contribution is 2.26. The van der Waals surface area contributed by atoms with Gasteiger partial charge in [0.2, 0.25) is 0 Å². The van der Waals surface area contributed by atoms with Gasteiger partial charge in [-0.05, 0) is 43.7 Å². The summed E-state index contributed by atoms with van der Waals surface area (Å²) in [4.78, 5) is 13.1. The molecule has 128 valence electrons. The summed E-state index contributed by atoms with van der Waals surface area (Å²) >= 11 is 3.56. The average Bonchev–Trinajstić information content (AvgIpc) is 2.62. The lowest BCUT2D eigenvalue weighted by Crippen LogP contribution is -2.46. The molecular formula is C18H23BrN4O. The van der Waals surface area contributed by atoms with Crippen molar-refractivity contribution in [2.45, 2.75) is 25.4 Å². The van der Waals surface area contributed by atoms with Gasteiger partial charge in [0.05, 0.1) is 7.11 Å². The monoisotopic (exact) mass is 390 g/mol. The highest BCUT2D eigenvalue weighted by Gasteiger charge is 2.24. The Bertz CT molecular complexity index is 667. The molecule has 1 atom stereocenters. The fourth-order valence-corrected chi connectivity index (χ4v) is 3.69. The molecule has 1 aliphatic rings. The van der Waals surface area contributed by atoms with E-state index < -0.39 is 0 Å². The van der Waals surface area contributed by atoms with E-state index >= 15 is 0 Å². The van der Waals surface area contributed by atoms with Gasteiger partial charge in [0.1, 0.15) is 17.9 Å². The Morgan fingerprint density at radius 1 is 1.38 bits per heavy atom. The molecule has 0 amide bonds. The van der Waals surface area contributed by atoms with E-state index in [0.29, 0.717) is 6.04 Å². The zero-order valence-corrected chi connectivity index (χ0v) is 15.7. The quantitative estimate of drug-likeness (QED) is 0.782. The second-order valence-corrected chi connectivity index (χ2v) is 7.08. The van der Waals surface area contributed by atoms with Crippen molar-refractivity contribution in [3.63, 3.8) is 0 Å². The Morgan fingerprint density at radius 2 is 2.25 bits per heavy atom. The fraction of sp³-hybridized carbons (Fsp3) is 0.444. The van der Waals surface area contributed by atoms with E-state index in [1.807, 2.05) is 18.2 Å². The molecule has 0 aliphatic carbocycles. The number of aromatic nitrogens is 2. The molecule has 6 heteroatoms. The first kappa shape index (κ1) is 17.2. The van der Waals surface area contributed by atoms with Crippen LogP contribution in [0.25, 0.3) is 0 Å². The number of benzene rings is 1. The summed E-state index contributed by atoms with van der Waals surface area (Å²) in [6.07, 6.45) is 5.79. The lowest BCUT2D eigenvalue weighted by Gasteiger charge is -2.38. The third-order valence-corrected chi connectivity index (χ3v) is 5.09. The minimum atomic E-state index is 0.465. The van der Waals surface area contributed by atoms with Crippen LogP contribution in [0.3, 0.4) is 0 Å². The topological polar surface area (TPSA) is 41.5 Å². The first-order valence-electron chi connectivity index (χ1n) is 8.21. The van der Waals surface area contributed by atoms with Gasteiger partial charge in [-0.3, -0.25) is 4.90 Å². The first-order valence-corrected chi connectivity index (χ1v) is 9.00. The van der Waals surface area contributed by atoms with Crippen LogP contribution in [-0.4, -0.2) is 48.2 Å². The van der Waals surface area contributed by atoms with Crippen LogP contribution in [0.2, 0.25) is 0 Å². The number of methoxy groups -OCH3 is 1. The second kappa shape index (κ2) is 7.94. The molecule has 0 radical (unpaired) electrons. The third kappa shape index (κ3) is 4.05. The van der Waals surface area contributed by atoms with Crippen molar-refractivity contribution in [1.29, 1.82) is 0 Å². The van der Waals surface area contributed by atoms with Crippen LogP contribution in [0, 0.1) is 0 Å². The molecule has 2 aromatic rings. The number of rotatable bonds is 5. The maximum absolute atomic E-state index is 5.51. The standard InChI is InChI=1S/C18H23BrN4O/c1-22(18-7-8-20-13-21-18)16-4-3-9-23(12-16)11-14-10-15(19)5-6-17(14)24-2/h5-8,10,13,16H,3-4,9,11-12H2,1-2H3. The Kier molecular flexibility index (Phi) is 5.68. The van der Waals surface area contributed by atoms with E-state index in [4.69, 9.17) is 4.74 Å². The maximum Gasteiger partial charge on any atom is 0.131 e. The van der Waals surface area contributed by atoms with Crippen molar-refractivity contribution in [3.05, 3.63) is 46.8 Å². The number of nitrogens with zero attached hydrogens (tertiary/aromatic N) is 4. The van der Waals surface area contributed by atoms with Crippen molar-refractivity contribution in [2.24, 2.45) is 0 Å². The van der Waals surface area contributed by atoms with Gasteiger partial charge >= 0.3 is 0 Å². The Labute approximate surface area is 151 Å². The first-order chi connectivity index (χ1) is 11.7. The Hall–Kier alpha value is -1.66. The van der Waals surface area contributed by atoms with E-state index in [-0.39, 0.29) is 0 Å². The van der Waals surface area contributed by atoms with E-state index in [9.17, 15) is 0 Å². The van der Waals surface area contributed by atoms with Crippen LogP contribution in [-0.2, 0) is 6.54 Å². The molecule has 5 nitrogen and oxygen atoms in total. The molecule has 0 spiro atoms. The predicted molar refractivity (Wildman–Crippen MR) is 99.4 cm³/mol. The number of anilines is 1. The normalized spacial score (nSPS) is 18.4. The molecule has 0 N–H and O–H groups in total. The average molecular weight is 391 g/mol. The summed E-state index contributed by atoms with van der Waals surface area (Å²) in [5.74, 6) is 1.93. The molecule has 3 rings (SSSR count). The zero-order chi connectivity index (χ0) is 16.9. The molecule has 2 heterocycles. The molecule has 1 unspecified atom stereocenters. The van der Waals surface area contributed by atoms with Crippen molar-refractivity contribution < 1.29 is 4.74 Å². The van der Waals surface area contributed by atoms with Gasteiger partial charge in [-0.15, -0.1) is 0 Å². The number of ether oxygens (including phenoxy) is 1. The summed E-state index contributed by atoms with van der Waals surface area (Å²) in [5, 5.41) is 0. The molecule has 1 aromatic heterocycles. The summed E-state index contributed by atoms with van der Waals surface area (Å²) in [5.41, 5.74) is 1.22. The van der Waals surface area contributed by atoms with Crippen molar-refractivity contribution in [1.82, 2.24) is 14.9 Å². The Balaban J connectivity index is 1.69. The molecular weight excluding hydrogens is 368 g/mol. The number of hydrogen-bond acceptors (Lipinski definition) is 5. The molecule has 24 heavy (non-hydrogen) atoms. The number of hydrogen-bond donors (Lipinski definition) is 0. The fourth-order valence-electron chi connectivity index (χ4n) is 3.28. The predicted octanol–water partition coefficient (Wildman–Crippen LogP) is 3.35. The van der Waals surface area contributed by atoms with E-state index in [1.54, 1.807) is 19.6 Å². The number of likely N-dealkylation sites (N-methyl/N-ethyl adjacent to an activating group) is 1. The zero-order valence-electron chi connectivity index (χ0n) is 14.2. The number of likely N-dealkylation sites (tertiary alicyclic amines) is 1. The van der Waals surface area contributed by atoms with E-state index in [1.165, 1.54) is 18.4 Å². The summed E-state index contributed by atoms with van der Waals surface area (Å²) in [7, 11) is 3.85. The van der Waals surface area contributed by atoms with Crippen LogP contribution in [0.4, 0.5) is 5.82 Å². The van der Waals surface area contributed by atoms with Crippen LogP contribution in [0.1, 0.15) is 18.4 Å². The van der Waals surface area contributed by atoms with Gasteiger partial charge in [-0.1, -0.05) is 15.9 Å². The van der Waals surface area contributed by atoms with Crippen molar-refractivity contribution in [3.8, 4) is 5.75 Å². The minimum Gasteiger partial charge on any atom is -0.496 e. The highest BCUT2D eigenvalue weighted by atomic mass is 79.9. The molecule has 1 aromatic carbocycles. The van der Waals surface area contributed by atoms with Gasteiger partial charge in [0.15, 0.2) is 0 Å². The maximum atomic E-state index is 5.51. The highest BCUT2D eigenvalue weighted by molar-refractivity contribution is 9.10. The van der Waals surface area contributed by atoms with Gasteiger partial charge in [-0.25, -0.2) is 9.97 Å². The van der Waals surface area contributed by atoms with Crippen molar-refractivity contribution in [2.75, 3.05) is 32.1 Å². The molecule has 1 fully saturated rings. The largest absolute Gasteiger partial charge is 0.496 e. The summed E-state index contributed by atoms with van der Waals surface area (Å²) in [6, 6.07) is 8.62. The third-order valence-electron chi connectivity index (χ3n) is 4.59. The molecule has 1 aliphatic heterocycles. The SMILES string of the molecule is COc1ccc(Br)cc1CN1CCCC(N(C)c2ccncn2)C1. The number of piperidine rings is 1. The second-order valence-electron chi connectivity index (χ2n) is 6.17. The van der Waals surface area contributed by atoms with Crippen LogP contribution >= 0.6 is 15.9 Å². The van der Waals surface area contributed by atoms with Gasteiger partial charge in [-0.2, -0.15) is 0 Å². The van der Waals surface area contributed by atoms with E-state index in [2.05, 4.69) is 48.8 Å². The van der Waals surface area contributed by atoms with Gasteiger partial charge < -0.3 is 9.64 Å². The van der Waals surface area contributed by atoms with Gasteiger partial charge in [0, 0.05) is 42.4 Å².